The van der Waals surface area contributed by atoms with Crippen LogP contribution in [0.25, 0.3) is 0 Å². The highest BCUT2D eigenvalue weighted by Crippen LogP contribution is 2.32. The topological polar surface area (TPSA) is 35.2 Å². The van der Waals surface area contributed by atoms with Crippen molar-refractivity contribution >= 4 is 0 Å². The van der Waals surface area contributed by atoms with E-state index in [0.29, 0.717) is 18.7 Å². The number of benzene rings is 1. The summed E-state index contributed by atoms with van der Waals surface area (Å²) in [4.78, 5) is 11.3. The summed E-state index contributed by atoms with van der Waals surface area (Å²) in [6, 6.07) is 5.76. The van der Waals surface area contributed by atoms with Crippen LogP contribution in [0.3, 0.4) is 0 Å². The summed E-state index contributed by atoms with van der Waals surface area (Å²) in [5.74, 6) is 0.799. The monoisotopic (exact) mass is 340 g/mol. The highest BCUT2D eigenvalue weighted by molar-refractivity contribution is 5.29. The molecule has 0 aliphatic rings. The smallest absolute Gasteiger partial charge is 0.345 e. The molecule has 0 radical (unpaired) electrons. The van der Waals surface area contributed by atoms with Gasteiger partial charge < -0.3 is 9.88 Å². The number of aromatic nitrogens is 2. The molecular weight excluding hydrogens is 317 g/mol. The Morgan fingerprint density at radius 3 is 2.38 bits per heavy atom. The van der Waals surface area contributed by atoms with Gasteiger partial charge in [0.2, 0.25) is 0 Å². The molecule has 0 bridgehead atoms. The molecule has 0 unspecified atom stereocenters. The van der Waals surface area contributed by atoms with E-state index >= 15 is 0 Å². The Kier molecular flexibility index (Phi) is 6.01. The predicted octanol–water partition coefficient (Wildman–Crippen LogP) is 3.30. The Balaban J connectivity index is 2.18. The number of aryl methyl sites for hydroxylation is 1. The summed E-state index contributed by atoms with van der Waals surface area (Å²) >= 11 is 0. The normalized spacial score (nSPS) is 12.3. The molecule has 2 aromatic rings. The van der Waals surface area contributed by atoms with E-state index < -0.39 is 11.7 Å². The highest BCUT2D eigenvalue weighted by atomic mass is 19.4. The van der Waals surface area contributed by atoms with Gasteiger partial charge in [-0.3, -0.25) is 4.90 Å². The van der Waals surface area contributed by atoms with Crippen LogP contribution in [-0.2, 0) is 19.3 Å². The zero-order chi connectivity index (χ0) is 17.7. The van der Waals surface area contributed by atoms with Crippen LogP contribution in [0.5, 0.6) is 0 Å². The number of rotatable bonds is 7. The minimum atomic E-state index is -4.34. The molecule has 0 fully saturated rings. The molecule has 0 spiro atoms. The number of aromatic amines is 1. The van der Waals surface area contributed by atoms with Crippen molar-refractivity contribution in [2.45, 2.75) is 26.2 Å². The molecule has 1 N–H and O–H groups in total. The summed E-state index contributed by atoms with van der Waals surface area (Å²) < 4.78 is 39.6. The molecule has 0 saturated heterocycles. The number of likely N-dealkylation sites (N-methyl/N-ethyl adjacent to an activating group) is 1. The fourth-order valence-electron chi connectivity index (χ4n) is 2.52. The van der Waals surface area contributed by atoms with Crippen LogP contribution >= 0.6 is 0 Å². The molecular formula is C17H23F3N4. The van der Waals surface area contributed by atoms with E-state index in [4.69, 9.17) is 0 Å². The zero-order valence-electron chi connectivity index (χ0n) is 14.2. The zero-order valence-corrected chi connectivity index (χ0v) is 14.2. The lowest BCUT2D eigenvalue weighted by atomic mass is 10.1. The maximum Gasteiger partial charge on any atom is 0.416 e. The molecule has 2 rings (SSSR count). The van der Waals surface area contributed by atoms with Crippen LogP contribution in [0.2, 0.25) is 0 Å². The summed E-state index contributed by atoms with van der Waals surface area (Å²) in [6.45, 7) is 4.05. The van der Waals surface area contributed by atoms with Crippen molar-refractivity contribution in [3.63, 3.8) is 0 Å². The third-order valence-corrected chi connectivity index (χ3v) is 3.73. The highest BCUT2D eigenvalue weighted by Gasteiger charge is 2.33. The molecule has 1 aromatic carbocycles. The number of hydrogen-bond donors (Lipinski definition) is 1. The van der Waals surface area contributed by atoms with E-state index in [1.54, 1.807) is 18.3 Å². The van der Waals surface area contributed by atoms with Gasteiger partial charge in [-0.05, 0) is 32.6 Å². The molecule has 0 amide bonds. The van der Waals surface area contributed by atoms with Crippen LogP contribution < -0.4 is 0 Å². The molecule has 0 saturated carbocycles. The minimum Gasteiger partial charge on any atom is -0.345 e. The van der Waals surface area contributed by atoms with Crippen molar-refractivity contribution < 1.29 is 13.2 Å². The largest absolute Gasteiger partial charge is 0.416 e. The van der Waals surface area contributed by atoms with Crippen LogP contribution in [0.1, 0.15) is 22.6 Å². The summed E-state index contributed by atoms with van der Waals surface area (Å²) in [5, 5.41) is 0. The first-order chi connectivity index (χ1) is 11.3. The Bertz CT molecular complexity index is 649. The first kappa shape index (κ1) is 18.5. The van der Waals surface area contributed by atoms with Crippen LogP contribution in [0, 0.1) is 6.92 Å². The first-order valence-electron chi connectivity index (χ1n) is 7.78. The Morgan fingerprint density at radius 1 is 1.08 bits per heavy atom. The van der Waals surface area contributed by atoms with Gasteiger partial charge in [0.05, 0.1) is 5.56 Å². The van der Waals surface area contributed by atoms with Crippen molar-refractivity contribution in [2.75, 3.05) is 27.2 Å². The number of nitrogens with zero attached hydrogens (tertiary/aromatic N) is 3. The Morgan fingerprint density at radius 2 is 1.79 bits per heavy atom. The Hall–Kier alpha value is -1.86. The Labute approximate surface area is 140 Å². The summed E-state index contributed by atoms with van der Waals surface area (Å²) in [7, 11) is 3.89. The maximum absolute atomic E-state index is 13.2. The second-order valence-corrected chi connectivity index (χ2v) is 6.16. The van der Waals surface area contributed by atoms with E-state index in [-0.39, 0.29) is 6.54 Å². The standard InChI is InChI=1S/C17H23F3N4/c1-13-21-10-15(22-13)12-24(9-8-23(2)3)11-14-6-4-5-7-16(14)17(18,19)20/h4-7,10H,8-9,11-12H2,1-3H3,(H,21,22). The SMILES string of the molecule is Cc1ncc(CN(CCN(C)C)Cc2ccccc2C(F)(F)F)[nH]1. The van der Waals surface area contributed by atoms with Crippen LogP contribution in [0.4, 0.5) is 13.2 Å². The van der Waals surface area contributed by atoms with E-state index in [1.165, 1.54) is 6.07 Å². The first-order valence-corrected chi connectivity index (χ1v) is 7.78. The van der Waals surface area contributed by atoms with E-state index in [9.17, 15) is 13.2 Å². The van der Waals surface area contributed by atoms with Gasteiger partial charge in [0.15, 0.2) is 0 Å². The fourth-order valence-corrected chi connectivity index (χ4v) is 2.52. The third-order valence-electron chi connectivity index (χ3n) is 3.73. The number of nitrogens with one attached hydrogen (secondary N) is 1. The van der Waals surface area contributed by atoms with Gasteiger partial charge in [-0.15, -0.1) is 0 Å². The molecule has 132 valence electrons. The maximum atomic E-state index is 13.2. The molecule has 0 atom stereocenters. The summed E-state index contributed by atoms with van der Waals surface area (Å²) in [6.07, 6.45) is -2.61. The van der Waals surface area contributed by atoms with Gasteiger partial charge in [0, 0.05) is 38.1 Å². The molecule has 0 aliphatic heterocycles. The molecule has 1 aromatic heterocycles. The lowest BCUT2D eigenvalue weighted by Crippen LogP contribution is -2.32. The molecule has 7 heteroatoms. The predicted molar refractivity (Wildman–Crippen MR) is 87.4 cm³/mol. The summed E-state index contributed by atoms with van der Waals surface area (Å²) in [5.41, 5.74) is 0.622. The van der Waals surface area contributed by atoms with Gasteiger partial charge in [0.1, 0.15) is 5.82 Å². The van der Waals surface area contributed by atoms with Gasteiger partial charge in [-0.1, -0.05) is 18.2 Å². The number of alkyl halides is 3. The van der Waals surface area contributed by atoms with Gasteiger partial charge >= 0.3 is 6.18 Å². The van der Waals surface area contributed by atoms with E-state index in [0.717, 1.165) is 24.1 Å². The molecule has 0 aliphatic carbocycles. The van der Waals surface area contributed by atoms with Crippen LogP contribution in [0.15, 0.2) is 30.5 Å². The quantitative estimate of drug-likeness (QED) is 0.840. The second-order valence-electron chi connectivity index (χ2n) is 6.16. The van der Waals surface area contributed by atoms with E-state index in [1.807, 2.05) is 30.8 Å². The van der Waals surface area contributed by atoms with Crippen molar-refractivity contribution in [3.8, 4) is 0 Å². The minimum absolute atomic E-state index is 0.238. The fraction of sp³-hybridized carbons (Fsp3) is 0.471. The van der Waals surface area contributed by atoms with Crippen LogP contribution in [-0.4, -0.2) is 47.0 Å². The van der Waals surface area contributed by atoms with Crippen molar-refractivity contribution in [2.24, 2.45) is 0 Å². The third kappa shape index (κ3) is 5.35. The van der Waals surface area contributed by atoms with Gasteiger partial charge in [0.25, 0.3) is 0 Å². The number of halogens is 3. The number of H-pyrrole nitrogens is 1. The van der Waals surface area contributed by atoms with Crippen molar-refractivity contribution in [3.05, 3.63) is 53.1 Å². The van der Waals surface area contributed by atoms with E-state index in [2.05, 4.69) is 9.97 Å². The second kappa shape index (κ2) is 7.81. The van der Waals surface area contributed by atoms with Gasteiger partial charge in [-0.25, -0.2) is 4.98 Å². The average molecular weight is 340 g/mol. The lowest BCUT2D eigenvalue weighted by molar-refractivity contribution is -0.138. The van der Waals surface area contributed by atoms with Crippen molar-refractivity contribution in [1.82, 2.24) is 19.8 Å². The molecule has 4 nitrogen and oxygen atoms in total. The molecule has 24 heavy (non-hydrogen) atoms. The van der Waals surface area contributed by atoms with Crippen molar-refractivity contribution in [1.29, 1.82) is 0 Å². The number of imidazole rings is 1. The average Bonchev–Trinajstić information content (AvgIpc) is 2.89. The lowest BCUT2D eigenvalue weighted by Gasteiger charge is -2.25. The molecule has 1 heterocycles. The number of hydrogen-bond acceptors (Lipinski definition) is 3. The van der Waals surface area contributed by atoms with Gasteiger partial charge in [-0.2, -0.15) is 13.2 Å².